The van der Waals surface area contributed by atoms with E-state index in [0.29, 0.717) is 6.04 Å². The van der Waals surface area contributed by atoms with Gasteiger partial charge < -0.3 is 14.6 Å². The van der Waals surface area contributed by atoms with Crippen LogP contribution >= 0.6 is 0 Å². The molecule has 1 fully saturated rings. The second-order valence-corrected chi connectivity index (χ2v) is 5.54. The van der Waals surface area contributed by atoms with E-state index >= 15 is 0 Å². The van der Waals surface area contributed by atoms with E-state index in [1.54, 1.807) is 7.11 Å². The lowest BCUT2D eigenvalue weighted by atomic mass is 10.0. The minimum Gasteiger partial charge on any atom is -0.497 e. The SMILES string of the molecule is COc1ccc2c(c1)c(C(C)N1CCNCC1)cn2C. The number of piperazine rings is 1. The molecule has 0 saturated carbocycles. The van der Waals surface area contributed by atoms with E-state index in [-0.39, 0.29) is 0 Å². The molecule has 108 valence electrons. The van der Waals surface area contributed by atoms with Crippen LogP contribution in [0.15, 0.2) is 24.4 Å². The first kappa shape index (κ1) is 13.5. The van der Waals surface area contributed by atoms with E-state index in [0.717, 1.165) is 31.9 Å². The topological polar surface area (TPSA) is 29.4 Å². The molecule has 4 heteroatoms. The quantitative estimate of drug-likeness (QED) is 0.929. The van der Waals surface area contributed by atoms with E-state index in [9.17, 15) is 0 Å². The number of nitrogens with one attached hydrogen (secondary N) is 1. The smallest absolute Gasteiger partial charge is 0.119 e. The molecule has 20 heavy (non-hydrogen) atoms. The Hall–Kier alpha value is -1.52. The Morgan fingerprint density at radius 3 is 2.70 bits per heavy atom. The summed E-state index contributed by atoms with van der Waals surface area (Å²) in [6, 6.07) is 6.76. The van der Waals surface area contributed by atoms with Gasteiger partial charge in [-0.3, -0.25) is 4.90 Å². The fourth-order valence-electron chi connectivity index (χ4n) is 3.13. The number of aromatic nitrogens is 1. The molecule has 1 N–H and O–H groups in total. The highest BCUT2D eigenvalue weighted by atomic mass is 16.5. The maximum Gasteiger partial charge on any atom is 0.119 e. The molecule has 1 saturated heterocycles. The van der Waals surface area contributed by atoms with Crippen LogP contribution in [0.25, 0.3) is 10.9 Å². The van der Waals surface area contributed by atoms with Gasteiger partial charge >= 0.3 is 0 Å². The Labute approximate surface area is 120 Å². The van der Waals surface area contributed by atoms with Gasteiger partial charge in [-0.1, -0.05) is 0 Å². The number of ether oxygens (including phenoxy) is 1. The number of hydrogen-bond acceptors (Lipinski definition) is 3. The van der Waals surface area contributed by atoms with Crippen molar-refractivity contribution < 1.29 is 4.74 Å². The normalized spacial score (nSPS) is 18.4. The van der Waals surface area contributed by atoms with Crippen molar-refractivity contribution >= 4 is 10.9 Å². The number of hydrogen-bond donors (Lipinski definition) is 1. The molecular weight excluding hydrogens is 250 g/mol. The van der Waals surface area contributed by atoms with Gasteiger partial charge in [-0.15, -0.1) is 0 Å². The monoisotopic (exact) mass is 273 g/mol. The average Bonchev–Trinajstić information content (AvgIpc) is 2.84. The summed E-state index contributed by atoms with van der Waals surface area (Å²) >= 11 is 0. The summed E-state index contributed by atoms with van der Waals surface area (Å²) in [5, 5.41) is 4.72. The van der Waals surface area contributed by atoms with Crippen molar-refractivity contribution in [3.05, 3.63) is 30.0 Å². The van der Waals surface area contributed by atoms with E-state index in [4.69, 9.17) is 4.74 Å². The summed E-state index contributed by atoms with van der Waals surface area (Å²) in [6.07, 6.45) is 2.26. The van der Waals surface area contributed by atoms with Crippen LogP contribution in [-0.2, 0) is 7.05 Å². The molecule has 1 aromatic carbocycles. The van der Waals surface area contributed by atoms with Crippen LogP contribution in [0.2, 0.25) is 0 Å². The van der Waals surface area contributed by atoms with Crippen molar-refractivity contribution in [2.24, 2.45) is 7.05 Å². The van der Waals surface area contributed by atoms with Gasteiger partial charge in [0.25, 0.3) is 0 Å². The minimum atomic E-state index is 0.438. The van der Waals surface area contributed by atoms with Gasteiger partial charge in [-0.25, -0.2) is 0 Å². The highest BCUT2D eigenvalue weighted by Gasteiger charge is 2.21. The predicted octanol–water partition coefficient (Wildman–Crippen LogP) is 2.15. The van der Waals surface area contributed by atoms with E-state index in [1.807, 2.05) is 6.07 Å². The second kappa shape index (κ2) is 5.46. The average molecular weight is 273 g/mol. The third-order valence-corrected chi connectivity index (χ3v) is 4.38. The molecule has 0 aliphatic carbocycles. The molecule has 0 spiro atoms. The van der Waals surface area contributed by atoms with Crippen molar-refractivity contribution in [3.63, 3.8) is 0 Å². The maximum absolute atomic E-state index is 5.38. The van der Waals surface area contributed by atoms with Crippen molar-refractivity contribution in [1.82, 2.24) is 14.8 Å². The first-order valence-electron chi connectivity index (χ1n) is 7.28. The lowest BCUT2D eigenvalue weighted by molar-refractivity contribution is 0.186. The van der Waals surface area contributed by atoms with Crippen molar-refractivity contribution in [3.8, 4) is 5.75 Å². The molecule has 1 aromatic heterocycles. The van der Waals surface area contributed by atoms with Crippen molar-refractivity contribution in [1.29, 1.82) is 0 Å². The predicted molar refractivity (Wildman–Crippen MR) is 82.3 cm³/mol. The number of fused-ring (bicyclic) bond motifs is 1. The molecule has 4 nitrogen and oxygen atoms in total. The Morgan fingerprint density at radius 1 is 1.25 bits per heavy atom. The minimum absolute atomic E-state index is 0.438. The molecule has 1 unspecified atom stereocenters. The summed E-state index contributed by atoms with van der Waals surface area (Å²) in [5.74, 6) is 0.928. The first-order chi connectivity index (χ1) is 9.70. The Bertz CT molecular complexity index is 599. The van der Waals surface area contributed by atoms with Gasteiger partial charge in [0.05, 0.1) is 7.11 Å². The summed E-state index contributed by atoms with van der Waals surface area (Å²) in [4.78, 5) is 2.55. The zero-order valence-electron chi connectivity index (χ0n) is 12.5. The third-order valence-electron chi connectivity index (χ3n) is 4.38. The summed E-state index contributed by atoms with van der Waals surface area (Å²) < 4.78 is 7.59. The van der Waals surface area contributed by atoms with Gasteiger partial charge in [0, 0.05) is 56.4 Å². The molecule has 3 rings (SSSR count). The van der Waals surface area contributed by atoms with Crippen molar-refractivity contribution in [2.45, 2.75) is 13.0 Å². The first-order valence-corrected chi connectivity index (χ1v) is 7.28. The lowest BCUT2D eigenvalue weighted by Gasteiger charge is -2.32. The van der Waals surface area contributed by atoms with E-state index < -0.39 is 0 Å². The van der Waals surface area contributed by atoms with E-state index in [2.05, 4.69) is 47.1 Å². The fourth-order valence-corrected chi connectivity index (χ4v) is 3.13. The number of nitrogens with zero attached hydrogens (tertiary/aromatic N) is 2. The molecular formula is C16H23N3O. The standard InChI is InChI=1S/C16H23N3O/c1-12(19-8-6-17-7-9-19)15-11-18(2)16-5-4-13(20-3)10-14(15)16/h4-5,10-12,17H,6-9H2,1-3H3. The number of rotatable bonds is 3. The van der Waals surface area contributed by atoms with Gasteiger partial charge in [0.2, 0.25) is 0 Å². The van der Waals surface area contributed by atoms with Crippen LogP contribution in [-0.4, -0.2) is 42.8 Å². The maximum atomic E-state index is 5.38. The van der Waals surface area contributed by atoms with Crippen LogP contribution in [0, 0.1) is 0 Å². The highest BCUT2D eigenvalue weighted by Crippen LogP contribution is 2.32. The van der Waals surface area contributed by atoms with Gasteiger partial charge in [-0.05, 0) is 30.7 Å². The summed E-state index contributed by atoms with van der Waals surface area (Å²) in [5.41, 5.74) is 2.66. The largest absolute Gasteiger partial charge is 0.497 e. The number of benzene rings is 1. The number of methoxy groups -OCH3 is 1. The third kappa shape index (κ3) is 2.30. The zero-order chi connectivity index (χ0) is 14.1. The van der Waals surface area contributed by atoms with E-state index in [1.165, 1.54) is 16.5 Å². The Balaban J connectivity index is 2.01. The highest BCUT2D eigenvalue weighted by molar-refractivity contribution is 5.85. The fraction of sp³-hybridized carbons (Fsp3) is 0.500. The molecule has 1 aliphatic heterocycles. The summed E-state index contributed by atoms with van der Waals surface area (Å²) in [7, 11) is 3.84. The lowest BCUT2D eigenvalue weighted by Crippen LogP contribution is -2.44. The molecule has 0 amide bonds. The molecule has 0 bridgehead atoms. The Morgan fingerprint density at radius 2 is 2.00 bits per heavy atom. The van der Waals surface area contributed by atoms with Crippen LogP contribution < -0.4 is 10.1 Å². The second-order valence-electron chi connectivity index (χ2n) is 5.54. The van der Waals surface area contributed by atoms with Gasteiger partial charge in [0.1, 0.15) is 5.75 Å². The molecule has 2 aromatic rings. The van der Waals surface area contributed by atoms with Gasteiger partial charge in [-0.2, -0.15) is 0 Å². The number of aryl methyl sites for hydroxylation is 1. The van der Waals surface area contributed by atoms with Crippen LogP contribution in [0.3, 0.4) is 0 Å². The van der Waals surface area contributed by atoms with Crippen LogP contribution in [0.5, 0.6) is 5.75 Å². The zero-order valence-corrected chi connectivity index (χ0v) is 12.5. The molecule has 2 heterocycles. The molecule has 1 atom stereocenters. The summed E-state index contributed by atoms with van der Waals surface area (Å²) in [6.45, 7) is 6.69. The van der Waals surface area contributed by atoms with Crippen LogP contribution in [0.4, 0.5) is 0 Å². The van der Waals surface area contributed by atoms with Gasteiger partial charge in [0.15, 0.2) is 0 Å². The van der Waals surface area contributed by atoms with Crippen LogP contribution in [0.1, 0.15) is 18.5 Å². The Kier molecular flexibility index (Phi) is 3.68. The molecule has 0 radical (unpaired) electrons. The molecule has 1 aliphatic rings. The van der Waals surface area contributed by atoms with Crippen molar-refractivity contribution in [2.75, 3.05) is 33.3 Å².